The van der Waals surface area contributed by atoms with E-state index in [9.17, 15) is 0 Å². The van der Waals surface area contributed by atoms with Crippen LogP contribution in [-0.2, 0) is 0 Å². The Kier molecular flexibility index (Phi) is 3.87. The molecule has 0 aliphatic carbocycles. The molecule has 1 aliphatic rings. The van der Waals surface area contributed by atoms with E-state index in [0.717, 1.165) is 31.6 Å². The van der Waals surface area contributed by atoms with Gasteiger partial charge in [0.2, 0.25) is 5.88 Å². The largest absolute Gasteiger partial charge is 0.481 e. The van der Waals surface area contributed by atoms with Crippen molar-refractivity contribution in [3.63, 3.8) is 0 Å². The maximum Gasteiger partial charge on any atom is 0.222 e. The van der Waals surface area contributed by atoms with Gasteiger partial charge in [0.25, 0.3) is 0 Å². The molecule has 0 bridgehead atoms. The second-order valence-electron chi connectivity index (χ2n) is 5.17. The highest BCUT2D eigenvalue weighted by Crippen LogP contribution is 2.30. The summed E-state index contributed by atoms with van der Waals surface area (Å²) in [5, 5.41) is 1.08. The first-order valence-electron chi connectivity index (χ1n) is 6.81. The van der Waals surface area contributed by atoms with Gasteiger partial charge in [-0.15, -0.1) is 0 Å². The van der Waals surface area contributed by atoms with Crippen molar-refractivity contribution in [1.29, 1.82) is 0 Å². The number of ether oxygens (including phenoxy) is 1. The molecule has 1 saturated heterocycles. The van der Waals surface area contributed by atoms with Crippen molar-refractivity contribution in [2.75, 3.05) is 40.3 Å². The number of aryl methyl sites for hydroxylation is 1. The number of nitrogens with zero attached hydrogens (tertiary/aromatic N) is 4. The number of rotatable bonds is 3. The molecule has 108 valence electrons. The van der Waals surface area contributed by atoms with Gasteiger partial charge in [-0.05, 0) is 25.6 Å². The van der Waals surface area contributed by atoms with Crippen molar-refractivity contribution in [1.82, 2.24) is 18.2 Å². The summed E-state index contributed by atoms with van der Waals surface area (Å²) >= 11 is 1.78. The molecular weight excluding hydrogens is 272 g/mol. The maximum atomic E-state index is 5.35. The molecule has 1 fully saturated rings. The van der Waals surface area contributed by atoms with E-state index in [1.807, 2.05) is 6.20 Å². The van der Waals surface area contributed by atoms with Crippen LogP contribution in [-0.4, -0.2) is 58.5 Å². The van der Waals surface area contributed by atoms with Crippen molar-refractivity contribution in [2.24, 2.45) is 0 Å². The van der Waals surface area contributed by atoms with Gasteiger partial charge in [0.1, 0.15) is 0 Å². The van der Waals surface area contributed by atoms with E-state index in [4.69, 9.17) is 4.74 Å². The molecule has 5 nitrogen and oxygen atoms in total. The van der Waals surface area contributed by atoms with E-state index in [0.29, 0.717) is 5.88 Å². The average molecular weight is 292 g/mol. The third kappa shape index (κ3) is 2.51. The fourth-order valence-corrected chi connectivity index (χ4v) is 3.50. The zero-order chi connectivity index (χ0) is 14.1. The number of aromatic nitrogens is 2. The summed E-state index contributed by atoms with van der Waals surface area (Å²) in [6.45, 7) is 6.51. The third-order valence-corrected chi connectivity index (χ3v) is 4.77. The fourth-order valence-electron chi connectivity index (χ4n) is 2.48. The van der Waals surface area contributed by atoms with E-state index < -0.39 is 0 Å². The monoisotopic (exact) mass is 292 g/mol. The molecule has 0 amide bonds. The summed E-state index contributed by atoms with van der Waals surface area (Å²) in [5.41, 5.74) is 2.37. The third-order valence-electron chi connectivity index (χ3n) is 3.69. The van der Waals surface area contributed by atoms with Crippen molar-refractivity contribution < 1.29 is 4.74 Å². The molecule has 0 saturated carbocycles. The molecule has 0 atom stereocenters. The molecule has 0 unspecified atom stereocenters. The zero-order valence-corrected chi connectivity index (χ0v) is 13.0. The van der Waals surface area contributed by atoms with Gasteiger partial charge in [0, 0.05) is 50.7 Å². The number of methoxy groups -OCH3 is 1. The maximum absolute atomic E-state index is 5.35. The summed E-state index contributed by atoms with van der Waals surface area (Å²) in [4.78, 5) is 6.69. The molecular formula is C14H20N4OS. The summed E-state index contributed by atoms with van der Waals surface area (Å²) in [7, 11) is 3.84. The zero-order valence-electron chi connectivity index (χ0n) is 12.2. The quantitative estimate of drug-likeness (QED) is 0.808. The van der Waals surface area contributed by atoms with Crippen LogP contribution in [0.25, 0.3) is 10.9 Å². The van der Waals surface area contributed by atoms with Gasteiger partial charge < -0.3 is 9.64 Å². The van der Waals surface area contributed by atoms with Gasteiger partial charge in [-0.3, -0.25) is 3.97 Å². The summed E-state index contributed by atoms with van der Waals surface area (Å²) in [6.07, 6.45) is 3.98. The van der Waals surface area contributed by atoms with Gasteiger partial charge in [-0.1, -0.05) is 0 Å². The van der Waals surface area contributed by atoms with Gasteiger partial charge in [0.05, 0.1) is 18.0 Å². The topological polar surface area (TPSA) is 33.5 Å². The predicted molar refractivity (Wildman–Crippen MR) is 83.1 cm³/mol. The normalized spacial score (nSPS) is 17.8. The van der Waals surface area contributed by atoms with Crippen LogP contribution >= 0.6 is 12.1 Å². The highest BCUT2D eigenvalue weighted by atomic mass is 32.2. The minimum atomic E-state index is 0.698. The van der Waals surface area contributed by atoms with Crippen molar-refractivity contribution >= 4 is 23.0 Å². The molecule has 2 aromatic heterocycles. The SMILES string of the molecule is COc1ncc(C)c2c1ccn2SN1CCN(C)CC1. The van der Waals surface area contributed by atoms with Gasteiger partial charge in [0.15, 0.2) is 0 Å². The lowest BCUT2D eigenvalue weighted by atomic mass is 10.2. The van der Waals surface area contributed by atoms with Gasteiger partial charge >= 0.3 is 0 Å². The molecule has 3 heterocycles. The van der Waals surface area contributed by atoms with Gasteiger partial charge in [-0.25, -0.2) is 9.29 Å². The van der Waals surface area contributed by atoms with E-state index in [2.05, 4.69) is 44.4 Å². The Bertz CT molecular complexity index is 604. The number of hydrogen-bond acceptors (Lipinski definition) is 5. The molecule has 0 aromatic carbocycles. The highest BCUT2D eigenvalue weighted by molar-refractivity contribution is 7.95. The van der Waals surface area contributed by atoms with Crippen LogP contribution in [0.2, 0.25) is 0 Å². The molecule has 6 heteroatoms. The Balaban J connectivity index is 1.88. The van der Waals surface area contributed by atoms with Crippen LogP contribution in [0.5, 0.6) is 5.88 Å². The van der Waals surface area contributed by atoms with Crippen LogP contribution in [0.1, 0.15) is 5.56 Å². The highest BCUT2D eigenvalue weighted by Gasteiger charge is 2.17. The number of hydrogen-bond donors (Lipinski definition) is 0. The lowest BCUT2D eigenvalue weighted by Gasteiger charge is -2.31. The molecule has 0 N–H and O–H groups in total. The van der Waals surface area contributed by atoms with Crippen LogP contribution in [0.4, 0.5) is 0 Å². The molecule has 2 aromatic rings. The van der Waals surface area contributed by atoms with E-state index in [1.165, 1.54) is 11.1 Å². The number of fused-ring (bicyclic) bond motifs is 1. The molecule has 3 rings (SSSR count). The minimum Gasteiger partial charge on any atom is -0.481 e. The van der Waals surface area contributed by atoms with Gasteiger partial charge in [-0.2, -0.15) is 0 Å². The molecule has 0 radical (unpaired) electrons. The van der Waals surface area contributed by atoms with E-state index in [1.54, 1.807) is 19.2 Å². The van der Waals surface area contributed by atoms with E-state index in [-0.39, 0.29) is 0 Å². The summed E-state index contributed by atoms with van der Waals surface area (Å²) < 4.78 is 9.98. The minimum absolute atomic E-state index is 0.698. The van der Waals surface area contributed by atoms with Crippen LogP contribution in [0.3, 0.4) is 0 Å². The van der Waals surface area contributed by atoms with Crippen molar-refractivity contribution in [3.05, 3.63) is 24.0 Å². The first-order chi connectivity index (χ1) is 9.69. The van der Waals surface area contributed by atoms with Crippen molar-refractivity contribution in [3.8, 4) is 5.88 Å². The Morgan fingerprint density at radius 2 is 2.00 bits per heavy atom. The van der Waals surface area contributed by atoms with Crippen molar-refractivity contribution in [2.45, 2.75) is 6.92 Å². The summed E-state index contributed by atoms with van der Waals surface area (Å²) in [5.74, 6) is 0.698. The predicted octanol–water partition coefficient (Wildman–Crippen LogP) is 2.01. The second kappa shape index (κ2) is 5.63. The smallest absolute Gasteiger partial charge is 0.222 e. The van der Waals surface area contributed by atoms with Crippen LogP contribution < -0.4 is 4.74 Å². The molecule has 1 aliphatic heterocycles. The first kappa shape index (κ1) is 13.7. The van der Waals surface area contributed by atoms with Crippen LogP contribution in [0, 0.1) is 6.92 Å². The number of likely N-dealkylation sites (N-methyl/N-ethyl adjacent to an activating group) is 1. The Morgan fingerprint density at radius 1 is 1.25 bits per heavy atom. The average Bonchev–Trinajstić information content (AvgIpc) is 2.87. The molecule has 0 spiro atoms. The first-order valence-corrected chi connectivity index (χ1v) is 7.54. The van der Waals surface area contributed by atoms with E-state index >= 15 is 0 Å². The Morgan fingerprint density at radius 3 is 2.70 bits per heavy atom. The lowest BCUT2D eigenvalue weighted by Crippen LogP contribution is -2.41. The Hall–Kier alpha value is -1.24. The molecule has 20 heavy (non-hydrogen) atoms. The second-order valence-corrected chi connectivity index (χ2v) is 6.24. The lowest BCUT2D eigenvalue weighted by molar-refractivity contribution is 0.233. The Labute approximate surface area is 123 Å². The van der Waals surface area contributed by atoms with Crippen LogP contribution in [0.15, 0.2) is 18.5 Å². The number of pyridine rings is 1. The summed E-state index contributed by atoms with van der Waals surface area (Å²) in [6, 6.07) is 2.08. The fraction of sp³-hybridized carbons (Fsp3) is 0.500. The standard InChI is InChI=1S/C14H20N4OS/c1-11-10-15-14(19-3)12-4-5-18(13(11)12)20-17-8-6-16(2)7-9-17/h4-5,10H,6-9H2,1-3H3. The number of piperazine rings is 1.